The molecule has 17 heavy (non-hydrogen) atoms. The fraction of sp³-hybridized carbons (Fsp3) is 0.417. The molecule has 0 saturated heterocycles. The zero-order valence-corrected chi connectivity index (χ0v) is 9.83. The second kappa shape index (κ2) is 5.25. The van der Waals surface area contributed by atoms with Crippen molar-refractivity contribution in [2.24, 2.45) is 0 Å². The van der Waals surface area contributed by atoms with E-state index in [-0.39, 0.29) is 24.6 Å². The molecule has 0 aromatic heterocycles. The third-order valence-electron chi connectivity index (χ3n) is 2.53. The molecule has 1 amide bonds. The minimum absolute atomic E-state index is 0.289. The van der Waals surface area contributed by atoms with Crippen LogP contribution in [0.5, 0.6) is 0 Å². The number of aliphatic hydroxyl groups is 2. The van der Waals surface area contributed by atoms with E-state index in [4.69, 9.17) is 10.2 Å². The molecular formula is C12H16FNO3. The third kappa shape index (κ3) is 3.25. The minimum Gasteiger partial charge on any atom is -0.394 e. The predicted octanol–water partition coefficient (Wildman–Crippen LogP) is 0.607. The summed E-state index contributed by atoms with van der Waals surface area (Å²) in [6.07, 6.45) is 0. The summed E-state index contributed by atoms with van der Waals surface area (Å²) in [5.74, 6) is -0.840. The zero-order valence-electron chi connectivity index (χ0n) is 9.83. The lowest BCUT2D eigenvalue weighted by Crippen LogP contribution is -2.51. The number of nitrogens with one attached hydrogen (secondary N) is 1. The van der Waals surface area contributed by atoms with Crippen LogP contribution >= 0.6 is 0 Å². The molecule has 0 bridgehead atoms. The van der Waals surface area contributed by atoms with E-state index in [9.17, 15) is 9.18 Å². The van der Waals surface area contributed by atoms with Gasteiger partial charge in [0.2, 0.25) is 0 Å². The lowest BCUT2D eigenvalue weighted by Gasteiger charge is -2.26. The predicted molar refractivity (Wildman–Crippen MR) is 61.2 cm³/mol. The summed E-state index contributed by atoms with van der Waals surface area (Å²) in [4.78, 5) is 11.8. The number of carbonyl (C=O) groups is 1. The van der Waals surface area contributed by atoms with E-state index >= 15 is 0 Å². The van der Waals surface area contributed by atoms with Crippen molar-refractivity contribution >= 4 is 5.91 Å². The van der Waals surface area contributed by atoms with Crippen LogP contribution in [0.15, 0.2) is 18.2 Å². The summed E-state index contributed by atoms with van der Waals surface area (Å²) < 4.78 is 13.0. The first kappa shape index (κ1) is 13.6. The quantitative estimate of drug-likeness (QED) is 0.723. The van der Waals surface area contributed by atoms with Gasteiger partial charge in [-0.25, -0.2) is 4.39 Å². The van der Waals surface area contributed by atoms with Crippen molar-refractivity contribution in [3.05, 3.63) is 35.1 Å². The molecule has 0 atom stereocenters. The van der Waals surface area contributed by atoms with Gasteiger partial charge < -0.3 is 15.5 Å². The number of rotatable bonds is 4. The van der Waals surface area contributed by atoms with Crippen molar-refractivity contribution in [3.8, 4) is 0 Å². The third-order valence-corrected chi connectivity index (χ3v) is 2.53. The fourth-order valence-corrected chi connectivity index (χ4v) is 1.26. The number of amides is 1. The maximum atomic E-state index is 13.0. The van der Waals surface area contributed by atoms with Gasteiger partial charge in [-0.1, -0.05) is 0 Å². The first-order valence-corrected chi connectivity index (χ1v) is 5.22. The largest absolute Gasteiger partial charge is 0.394 e. The standard InChI is InChI=1S/C12H16FNO3/c1-8-5-9(3-4-10(8)13)11(17)14-12(2,6-15)7-16/h3-5,15-16H,6-7H2,1-2H3,(H,14,17). The van der Waals surface area contributed by atoms with Gasteiger partial charge in [-0.15, -0.1) is 0 Å². The van der Waals surface area contributed by atoms with Crippen LogP contribution in [0.25, 0.3) is 0 Å². The molecule has 0 aliphatic heterocycles. The van der Waals surface area contributed by atoms with Crippen molar-refractivity contribution in [3.63, 3.8) is 0 Å². The maximum absolute atomic E-state index is 13.0. The Morgan fingerprint density at radius 2 is 2.00 bits per heavy atom. The van der Waals surface area contributed by atoms with Gasteiger partial charge in [0.05, 0.1) is 18.8 Å². The van der Waals surface area contributed by atoms with Crippen molar-refractivity contribution in [2.75, 3.05) is 13.2 Å². The summed E-state index contributed by atoms with van der Waals surface area (Å²) in [6, 6.07) is 3.98. The first-order valence-electron chi connectivity index (χ1n) is 5.22. The smallest absolute Gasteiger partial charge is 0.251 e. The van der Waals surface area contributed by atoms with E-state index < -0.39 is 11.4 Å². The van der Waals surface area contributed by atoms with Gasteiger partial charge in [-0.05, 0) is 37.6 Å². The van der Waals surface area contributed by atoms with Gasteiger partial charge in [-0.2, -0.15) is 0 Å². The van der Waals surface area contributed by atoms with E-state index in [0.29, 0.717) is 5.56 Å². The highest BCUT2D eigenvalue weighted by Gasteiger charge is 2.25. The van der Waals surface area contributed by atoms with Gasteiger partial charge in [0.25, 0.3) is 5.91 Å². The van der Waals surface area contributed by atoms with Crippen molar-refractivity contribution in [1.82, 2.24) is 5.32 Å². The monoisotopic (exact) mass is 241 g/mol. The van der Waals surface area contributed by atoms with Crippen LogP contribution in [0.1, 0.15) is 22.8 Å². The molecule has 5 heteroatoms. The summed E-state index contributed by atoms with van der Waals surface area (Å²) >= 11 is 0. The Hall–Kier alpha value is -1.46. The summed E-state index contributed by atoms with van der Waals surface area (Å²) in [7, 11) is 0. The van der Waals surface area contributed by atoms with Gasteiger partial charge in [0.1, 0.15) is 5.82 Å². The van der Waals surface area contributed by atoms with Crippen LogP contribution in [0.4, 0.5) is 4.39 Å². The number of hydrogen-bond donors (Lipinski definition) is 3. The number of hydrogen-bond acceptors (Lipinski definition) is 3. The second-order valence-electron chi connectivity index (χ2n) is 4.29. The molecule has 94 valence electrons. The summed E-state index contributed by atoms with van der Waals surface area (Å²) in [6.45, 7) is 2.31. The molecule has 1 aromatic rings. The van der Waals surface area contributed by atoms with E-state index in [0.717, 1.165) is 0 Å². The number of aliphatic hydroxyl groups excluding tert-OH is 2. The molecule has 1 aromatic carbocycles. The van der Waals surface area contributed by atoms with Crippen molar-refractivity contribution in [1.29, 1.82) is 0 Å². The van der Waals surface area contributed by atoms with Crippen molar-refractivity contribution < 1.29 is 19.4 Å². The first-order chi connectivity index (χ1) is 7.91. The number of carbonyl (C=O) groups excluding carboxylic acids is 1. The average Bonchev–Trinajstić information content (AvgIpc) is 2.32. The molecule has 0 spiro atoms. The van der Waals surface area contributed by atoms with Gasteiger partial charge in [0, 0.05) is 5.56 Å². The molecule has 0 saturated carbocycles. The number of halogens is 1. The summed E-state index contributed by atoms with van der Waals surface area (Å²) in [5.41, 5.74) is -0.427. The van der Waals surface area contributed by atoms with Crippen LogP contribution < -0.4 is 5.32 Å². The molecule has 1 rings (SSSR count). The maximum Gasteiger partial charge on any atom is 0.251 e. The fourth-order valence-electron chi connectivity index (χ4n) is 1.26. The van der Waals surface area contributed by atoms with Crippen molar-refractivity contribution in [2.45, 2.75) is 19.4 Å². The lowest BCUT2D eigenvalue weighted by molar-refractivity contribution is 0.0723. The Bertz CT molecular complexity index is 416. The SMILES string of the molecule is Cc1cc(C(=O)NC(C)(CO)CO)ccc1F. The van der Waals surface area contributed by atoms with Gasteiger partial charge in [0.15, 0.2) is 0 Å². The Morgan fingerprint density at radius 1 is 1.41 bits per heavy atom. The molecule has 0 aliphatic rings. The van der Waals surface area contributed by atoms with E-state index in [1.807, 2.05) is 0 Å². The molecule has 0 fully saturated rings. The molecule has 3 N–H and O–H groups in total. The number of aryl methyl sites for hydroxylation is 1. The Balaban J connectivity index is 2.86. The highest BCUT2D eigenvalue weighted by atomic mass is 19.1. The second-order valence-corrected chi connectivity index (χ2v) is 4.29. The molecule has 0 radical (unpaired) electrons. The van der Waals surface area contributed by atoms with Crippen LogP contribution in [0, 0.1) is 12.7 Å². The van der Waals surface area contributed by atoms with Crippen LogP contribution in [0.2, 0.25) is 0 Å². The Morgan fingerprint density at radius 3 is 2.47 bits per heavy atom. The van der Waals surface area contributed by atoms with Gasteiger partial charge >= 0.3 is 0 Å². The van der Waals surface area contributed by atoms with E-state index in [1.165, 1.54) is 25.1 Å². The normalized spacial score (nSPS) is 11.4. The van der Waals surface area contributed by atoms with Crippen LogP contribution in [0.3, 0.4) is 0 Å². The Labute approximate surface area is 99.1 Å². The van der Waals surface area contributed by atoms with Gasteiger partial charge in [-0.3, -0.25) is 4.79 Å². The topological polar surface area (TPSA) is 69.6 Å². The highest BCUT2D eigenvalue weighted by Crippen LogP contribution is 2.10. The molecule has 4 nitrogen and oxygen atoms in total. The minimum atomic E-state index is -1.08. The number of benzene rings is 1. The lowest BCUT2D eigenvalue weighted by atomic mass is 10.0. The zero-order chi connectivity index (χ0) is 13.1. The van der Waals surface area contributed by atoms with Crippen LogP contribution in [-0.4, -0.2) is 34.9 Å². The molecule has 0 heterocycles. The Kier molecular flexibility index (Phi) is 4.20. The molecule has 0 aliphatic carbocycles. The summed E-state index contributed by atoms with van der Waals surface area (Å²) in [5, 5.41) is 20.6. The van der Waals surface area contributed by atoms with E-state index in [1.54, 1.807) is 6.92 Å². The molecular weight excluding hydrogens is 225 g/mol. The molecule has 0 unspecified atom stereocenters. The van der Waals surface area contributed by atoms with E-state index in [2.05, 4.69) is 5.32 Å². The van der Waals surface area contributed by atoms with Crippen LogP contribution in [-0.2, 0) is 0 Å². The average molecular weight is 241 g/mol. The highest BCUT2D eigenvalue weighted by molar-refractivity contribution is 5.94.